The van der Waals surface area contributed by atoms with Gasteiger partial charge < -0.3 is 9.80 Å². The number of halogens is 1. The Bertz CT molecular complexity index is 703. The number of anilines is 2. The number of hydrogen-bond acceptors (Lipinski definition) is 4. The maximum atomic E-state index is 13.6. The van der Waals surface area contributed by atoms with Gasteiger partial charge >= 0.3 is 0 Å². The second-order valence-corrected chi connectivity index (χ2v) is 6.34. The third-order valence-corrected chi connectivity index (χ3v) is 4.61. The molecule has 24 heavy (non-hydrogen) atoms. The summed E-state index contributed by atoms with van der Waals surface area (Å²) < 4.78 is 13.6. The smallest absolute Gasteiger partial charge is 0.227 e. The zero-order valence-electron chi connectivity index (χ0n) is 13.8. The molecule has 0 atom stereocenters. The molecule has 0 N–H and O–H groups in total. The summed E-state index contributed by atoms with van der Waals surface area (Å²) in [4.78, 5) is 16.5. The molecule has 0 aliphatic carbocycles. The second-order valence-electron chi connectivity index (χ2n) is 6.34. The van der Waals surface area contributed by atoms with Crippen molar-refractivity contribution in [2.75, 3.05) is 29.9 Å². The van der Waals surface area contributed by atoms with Crippen LogP contribution in [0.4, 0.5) is 15.8 Å². The van der Waals surface area contributed by atoms with Crippen molar-refractivity contribution in [2.45, 2.75) is 37.8 Å². The molecule has 126 valence electrons. The van der Waals surface area contributed by atoms with Gasteiger partial charge in [0, 0.05) is 45.8 Å². The fourth-order valence-corrected chi connectivity index (χ4v) is 3.11. The molecule has 0 saturated carbocycles. The molecular formula is C18H21FN4O. The summed E-state index contributed by atoms with van der Waals surface area (Å²) in [6, 6.07) is 4.57. The molecule has 1 amide bonds. The fraction of sp³-hybridized carbons (Fsp3) is 0.500. The number of nitrogens with zero attached hydrogens (tertiary/aromatic N) is 4. The van der Waals surface area contributed by atoms with E-state index < -0.39 is 5.66 Å². The summed E-state index contributed by atoms with van der Waals surface area (Å²) in [6.45, 7) is 1.42. The second kappa shape index (κ2) is 6.60. The van der Waals surface area contributed by atoms with E-state index in [2.05, 4.69) is 16.1 Å². The zero-order valence-corrected chi connectivity index (χ0v) is 13.8. The van der Waals surface area contributed by atoms with Crippen LogP contribution in [-0.4, -0.2) is 31.7 Å². The number of amides is 1. The van der Waals surface area contributed by atoms with Crippen LogP contribution in [0.3, 0.4) is 0 Å². The van der Waals surface area contributed by atoms with Crippen molar-refractivity contribution in [3.63, 3.8) is 0 Å². The summed E-state index contributed by atoms with van der Waals surface area (Å²) in [5.74, 6) is 2.32. The molecule has 0 spiro atoms. The maximum Gasteiger partial charge on any atom is 0.227 e. The minimum absolute atomic E-state index is 0.0236. The summed E-state index contributed by atoms with van der Waals surface area (Å²) >= 11 is 0. The third-order valence-electron chi connectivity index (χ3n) is 4.61. The number of terminal acetylenes is 1. The van der Waals surface area contributed by atoms with Crippen LogP contribution in [-0.2, 0) is 4.79 Å². The Balaban J connectivity index is 1.71. The lowest BCUT2D eigenvalue weighted by Gasteiger charge is -2.24. The molecule has 1 aromatic carbocycles. The molecule has 0 fully saturated rings. The van der Waals surface area contributed by atoms with Crippen LogP contribution in [0.1, 0.15) is 32.1 Å². The van der Waals surface area contributed by atoms with Crippen molar-refractivity contribution in [3.8, 4) is 12.3 Å². The highest BCUT2D eigenvalue weighted by atomic mass is 19.1. The molecular weight excluding hydrogens is 307 g/mol. The first-order valence-corrected chi connectivity index (χ1v) is 8.23. The minimum atomic E-state index is -0.448. The van der Waals surface area contributed by atoms with E-state index in [0.717, 1.165) is 24.3 Å². The molecule has 3 rings (SSSR count). The third kappa shape index (κ3) is 3.40. The van der Waals surface area contributed by atoms with Gasteiger partial charge in [-0.15, -0.1) is 12.3 Å². The topological polar surface area (TPSA) is 48.3 Å². The number of benzene rings is 1. The van der Waals surface area contributed by atoms with Crippen molar-refractivity contribution in [2.24, 2.45) is 10.2 Å². The first kappa shape index (κ1) is 16.4. The van der Waals surface area contributed by atoms with E-state index in [4.69, 9.17) is 6.42 Å². The predicted molar refractivity (Wildman–Crippen MR) is 91.5 cm³/mol. The molecule has 0 unspecified atom stereocenters. The summed E-state index contributed by atoms with van der Waals surface area (Å²) in [5.41, 5.74) is 1.07. The van der Waals surface area contributed by atoms with E-state index in [1.165, 1.54) is 12.1 Å². The lowest BCUT2D eigenvalue weighted by Crippen LogP contribution is -2.32. The number of rotatable bonds is 5. The molecule has 6 heteroatoms. The Kier molecular flexibility index (Phi) is 4.52. The molecule has 2 aliphatic heterocycles. The highest BCUT2D eigenvalue weighted by molar-refractivity contribution is 5.97. The van der Waals surface area contributed by atoms with Gasteiger partial charge in [0.15, 0.2) is 5.66 Å². The van der Waals surface area contributed by atoms with Crippen LogP contribution in [0.5, 0.6) is 0 Å². The number of carbonyl (C=O) groups excluding carboxylic acids is 1. The Morgan fingerprint density at radius 2 is 2.12 bits per heavy atom. The van der Waals surface area contributed by atoms with Crippen molar-refractivity contribution >= 4 is 17.3 Å². The normalized spacial score (nSPS) is 17.9. The van der Waals surface area contributed by atoms with Crippen LogP contribution >= 0.6 is 0 Å². The minimum Gasteiger partial charge on any atom is -0.373 e. The van der Waals surface area contributed by atoms with Crippen LogP contribution in [0.15, 0.2) is 28.4 Å². The maximum absolute atomic E-state index is 13.6. The van der Waals surface area contributed by atoms with Crippen LogP contribution < -0.4 is 9.80 Å². The molecule has 0 saturated heterocycles. The molecule has 0 aromatic heterocycles. The standard InChI is InChI=1S/C18H21FN4O/c1-3-4-9-18(20-21-18)10-8-17(24)23-12-5-11-22(2)16-13-14(19)6-7-15(16)23/h1,6-7,13H,4-5,8-12H2,2H3. The molecule has 0 radical (unpaired) electrons. The van der Waals surface area contributed by atoms with Crippen LogP contribution in [0.2, 0.25) is 0 Å². The molecule has 2 heterocycles. The van der Waals surface area contributed by atoms with Crippen LogP contribution in [0, 0.1) is 18.2 Å². The first-order chi connectivity index (χ1) is 11.5. The Hall–Kier alpha value is -2.42. The lowest BCUT2D eigenvalue weighted by molar-refractivity contribution is -0.118. The van der Waals surface area contributed by atoms with E-state index in [0.29, 0.717) is 32.2 Å². The van der Waals surface area contributed by atoms with Gasteiger partial charge in [0.05, 0.1) is 11.4 Å². The monoisotopic (exact) mass is 328 g/mol. The van der Waals surface area contributed by atoms with Crippen molar-refractivity contribution in [1.82, 2.24) is 0 Å². The summed E-state index contributed by atoms with van der Waals surface area (Å²) in [5, 5.41) is 8.15. The van der Waals surface area contributed by atoms with Gasteiger partial charge in [0.1, 0.15) is 5.82 Å². The van der Waals surface area contributed by atoms with Gasteiger partial charge in [-0.05, 0) is 24.6 Å². The molecule has 0 bridgehead atoms. The molecule has 1 aromatic rings. The van der Waals surface area contributed by atoms with Gasteiger partial charge in [0.2, 0.25) is 5.91 Å². The van der Waals surface area contributed by atoms with Gasteiger partial charge in [0.25, 0.3) is 0 Å². The van der Waals surface area contributed by atoms with E-state index in [9.17, 15) is 9.18 Å². The van der Waals surface area contributed by atoms with Crippen molar-refractivity contribution in [1.29, 1.82) is 0 Å². The number of hydrogen-bond donors (Lipinski definition) is 0. The SMILES string of the molecule is C#CCCC1(CCC(=O)N2CCCN(C)c3cc(F)ccc32)N=N1. The van der Waals surface area contributed by atoms with Crippen molar-refractivity contribution < 1.29 is 9.18 Å². The largest absolute Gasteiger partial charge is 0.373 e. The van der Waals surface area contributed by atoms with Gasteiger partial charge in [-0.3, -0.25) is 4.79 Å². The predicted octanol–water partition coefficient (Wildman–Crippen LogP) is 3.35. The van der Waals surface area contributed by atoms with E-state index in [1.54, 1.807) is 11.0 Å². The summed E-state index contributed by atoms with van der Waals surface area (Å²) in [6.07, 6.45) is 8.37. The average Bonchev–Trinajstić information content (AvgIpc) is 3.36. The van der Waals surface area contributed by atoms with Gasteiger partial charge in [-0.1, -0.05) is 0 Å². The molecule has 2 aliphatic rings. The van der Waals surface area contributed by atoms with Gasteiger partial charge in [-0.25, -0.2) is 4.39 Å². The molecule has 5 nitrogen and oxygen atoms in total. The van der Waals surface area contributed by atoms with E-state index >= 15 is 0 Å². The van der Waals surface area contributed by atoms with E-state index in [-0.39, 0.29) is 11.7 Å². The van der Waals surface area contributed by atoms with Crippen LogP contribution in [0.25, 0.3) is 0 Å². The average molecular weight is 328 g/mol. The zero-order chi connectivity index (χ0) is 17.2. The highest BCUT2D eigenvalue weighted by Crippen LogP contribution is 2.38. The first-order valence-electron chi connectivity index (χ1n) is 8.23. The quantitative estimate of drug-likeness (QED) is 0.778. The lowest BCUT2D eigenvalue weighted by atomic mass is 10.0. The Morgan fingerprint density at radius 3 is 2.83 bits per heavy atom. The Labute approximate surface area is 141 Å². The highest BCUT2D eigenvalue weighted by Gasteiger charge is 2.40. The fourth-order valence-electron chi connectivity index (χ4n) is 3.11. The Morgan fingerprint density at radius 1 is 1.33 bits per heavy atom. The van der Waals surface area contributed by atoms with Gasteiger partial charge in [-0.2, -0.15) is 10.2 Å². The number of carbonyl (C=O) groups is 1. The number of fused-ring (bicyclic) bond motifs is 1. The summed E-state index contributed by atoms with van der Waals surface area (Å²) in [7, 11) is 1.92. The van der Waals surface area contributed by atoms with Crippen molar-refractivity contribution in [3.05, 3.63) is 24.0 Å². The van der Waals surface area contributed by atoms with E-state index in [1.807, 2.05) is 11.9 Å².